The first-order valence-corrected chi connectivity index (χ1v) is 10.8. The van der Waals surface area contributed by atoms with E-state index in [4.69, 9.17) is 0 Å². The van der Waals surface area contributed by atoms with Crippen LogP contribution < -0.4 is 9.80 Å². The summed E-state index contributed by atoms with van der Waals surface area (Å²) in [7, 11) is 2.03. The Labute approximate surface area is 185 Å². The van der Waals surface area contributed by atoms with Crippen LogP contribution >= 0.6 is 0 Å². The molecule has 0 aliphatic carbocycles. The summed E-state index contributed by atoms with van der Waals surface area (Å²) < 4.78 is 38.9. The number of piperidine rings is 1. The molecule has 2 aliphatic rings. The quantitative estimate of drug-likeness (QED) is 0.706. The number of carbonyl (C=O) groups is 2. The van der Waals surface area contributed by atoms with Crippen LogP contribution in [0.5, 0.6) is 0 Å². The fraction of sp³-hybridized carbons (Fsp3) is 0.417. The average Bonchev–Trinajstić information content (AvgIpc) is 3.18. The summed E-state index contributed by atoms with van der Waals surface area (Å²) in [5.74, 6) is -0.388. The Balaban J connectivity index is 1.71. The van der Waals surface area contributed by atoms with Crippen molar-refractivity contribution in [3.63, 3.8) is 0 Å². The van der Waals surface area contributed by atoms with Crippen molar-refractivity contribution in [2.75, 3.05) is 36.5 Å². The summed E-state index contributed by atoms with van der Waals surface area (Å²) in [5, 5.41) is 0. The molecule has 0 radical (unpaired) electrons. The van der Waals surface area contributed by atoms with Crippen molar-refractivity contribution in [1.29, 1.82) is 0 Å². The molecule has 2 aliphatic heterocycles. The van der Waals surface area contributed by atoms with E-state index in [9.17, 15) is 22.8 Å². The highest BCUT2D eigenvalue weighted by molar-refractivity contribution is 6.07. The number of amides is 2. The zero-order valence-electron chi connectivity index (χ0n) is 18.2. The first-order chi connectivity index (χ1) is 15.1. The number of nitrogens with zero attached hydrogens (tertiary/aromatic N) is 3. The third-order valence-electron chi connectivity index (χ3n) is 6.35. The van der Waals surface area contributed by atoms with Crippen molar-refractivity contribution >= 4 is 23.2 Å². The van der Waals surface area contributed by atoms with E-state index < -0.39 is 11.7 Å². The van der Waals surface area contributed by atoms with Crippen LogP contribution in [0.25, 0.3) is 0 Å². The molecule has 0 N–H and O–H groups in total. The van der Waals surface area contributed by atoms with Crippen molar-refractivity contribution in [3.8, 4) is 0 Å². The number of hydrogen-bond donors (Lipinski definition) is 0. The van der Waals surface area contributed by atoms with Gasteiger partial charge >= 0.3 is 6.18 Å². The third-order valence-corrected chi connectivity index (χ3v) is 6.35. The maximum atomic E-state index is 13.6. The van der Waals surface area contributed by atoms with Crippen LogP contribution in [0.15, 0.2) is 42.5 Å². The number of alkyl halides is 3. The molecule has 0 aromatic heterocycles. The van der Waals surface area contributed by atoms with E-state index in [1.165, 1.54) is 19.1 Å². The van der Waals surface area contributed by atoms with E-state index in [-0.39, 0.29) is 23.4 Å². The fourth-order valence-corrected chi connectivity index (χ4v) is 4.53. The molecule has 2 aromatic carbocycles. The minimum atomic E-state index is -4.45. The van der Waals surface area contributed by atoms with Gasteiger partial charge in [-0.15, -0.1) is 0 Å². The monoisotopic (exact) mass is 445 g/mol. The topological polar surface area (TPSA) is 43.9 Å². The Bertz CT molecular complexity index is 1010. The van der Waals surface area contributed by atoms with E-state index in [1.54, 1.807) is 9.80 Å². The maximum absolute atomic E-state index is 13.6. The zero-order chi connectivity index (χ0) is 23.0. The number of hydrogen-bond acceptors (Lipinski definition) is 3. The highest BCUT2D eigenvalue weighted by atomic mass is 19.4. The molecule has 5 nitrogen and oxygen atoms in total. The van der Waals surface area contributed by atoms with Crippen LogP contribution in [0.3, 0.4) is 0 Å². The molecule has 1 fully saturated rings. The first-order valence-electron chi connectivity index (χ1n) is 10.8. The second kappa shape index (κ2) is 8.58. The SMILES string of the molecule is CC(=O)N1CCc2ccc(N(C(=O)c3ccc(C(F)(F)F)cc3)C3CCN(C)CC3)cc21. The molecular weight excluding hydrogens is 419 g/mol. The number of rotatable bonds is 3. The standard InChI is InChI=1S/C24H26F3N3O2/c1-16(31)29-14-9-17-5-8-21(15-22(17)29)30(20-10-12-28(2)13-11-20)23(32)18-3-6-19(7-4-18)24(25,26)27/h3-8,15,20H,9-14H2,1-2H3. The van der Waals surface area contributed by atoms with Gasteiger partial charge in [0, 0.05) is 36.4 Å². The summed E-state index contributed by atoms with van der Waals surface area (Å²) in [6, 6.07) is 9.97. The lowest BCUT2D eigenvalue weighted by Gasteiger charge is -2.37. The van der Waals surface area contributed by atoms with Gasteiger partial charge in [0.1, 0.15) is 0 Å². The summed E-state index contributed by atoms with van der Waals surface area (Å²) in [6.45, 7) is 3.77. The van der Waals surface area contributed by atoms with Gasteiger partial charge in [-0.05, 0) is 81.4 Å². The lowest BCUT2D eigenvalue weighted by Crippen LogP contribution is -2.47. The van der Waals surface area contributed by atoms with Crippen LogP contribution in [0, 0.1) is 0 Å². The van der Waals surface area contributed by atoms with E-state index in [0.717, 1.165) is 55.7 Å². The number of halogens is 3. The predicted molar refractivity (Wildman–Crippen MR) is 117 cm³/mol. The van der Waals surface area contributed by atoms with Crippen LogP contribution in [0.1, 0.15) is 41.3 Å². The van der Waals surface area contributed by atoms with Crippen LogP contribution in [-0.2, 0) is 17.4 Å². The molecule has 0 saturated carbocycles. The van der Waals surface area contributed by atoms with Gasteiger partial charge in [-0.1, -0.05) is 6.07 Å². The van der Waals surface area contributed by atoms with Crippen LogP contribution in [-0.4, -0.2) is 49.4 Å². The van der Waals surface area contributed by atoms with E-state index in [1.807, 2.05) is 25.2 Å². The molecule has 4 rings (SSSR count). The first kappa shape index (κ1) is 22.3. The molecule has 8 heteroatoms. The minimum absolute atomic E-state index is 0.0548. The smallest absolute Gasteiger partial charge is 0.312 e. The second-order valence-corrected chi connectivity index (χ2v) is 8.52. The Morgan fingerprint density at radius 3 is 2.25 bits per heavy atom. The van der Waals surface area contributed by atoms with Gasteiger partial charge in [0.25, 0.3) is 5.91 Å². The van der Waals surface area contributed by atoms with Crippen molar-refractivity contribution in [3.05, 3.63) is 59.2 Å². The van der Waals surface area contributed by atoms with Gasteiger partial charge in [0.15, 0.2) is 0 Å². The van der Waals surface area contributed by atoms with Gasteiger partial charge in [-0.3, -0.25) is 9.59 Å². The second-order valence-electron chi connectivity index (χ2n) is 8.52. The predicted octanol–water partition coefficient (Wildman–Crippen LogP) is 4.36. The Kier molecular flexibility index (Phi) is 5.99. The molecule has 0 unspecified atom stereocenters. The van der Waals surface area contributed by atoms with Gasteiger partial charge in [0.2, 0.25) is 5.91 Å². The highest BCUT2D eigenvalue weighted by Gasteiger charge is 2.33. The van der Waals surface area contributed by atoms with E-state index >= 15 is 0 Å². The van der Waals surface area contributed by atoms with Crippen molar-refractivity contribution in [2.45, 2.75) is 38.4 Å². The number of likely N-dealkylation sites (tertiary alicyclic amines) is 1. The van der Waals surface area contributed by atoms with Crippen LogP contribution in [0.4, 0.5) is 24.5 Å². The molecular formula is C24H26F3N3O2. The van der Waals surface area contributed by atoms with Gasteiger partial charge in [-0.25, -0.2) is 0 Å². The number of anilines is 2. The molecule has 0 bridgehead atoms. The fourth-order valence-electron chi connectivity index (χ4n) is 4.53. The normalized spacial score (nSPS) is 17.3. The number of benzene rings is 2. The largest absolute Gasteiger partial charge is 0.416 e. The molecule has 170 valence electrons. The summed E-state index contributed by atoms with van der Waals surface area (Å²) in [5.41, 5.74) is 1.94. The summed E-state index contributed by atoms with van der Waals surface area (Å²) in [6.07, 6.45) is -2.17. The summed E-state index contributed by atoms with van der Waals surface area (Å²) >= 11 is 0. The Morgan fingerprint density at radius 2 is 1.66 bits per heavy atom. The van der Waals surface area contributed by atoms with Crippen molar-refractivity contribution < 1.29 is 22.8 Å². The lowest BCUT2D eigenvalue weighted by atomic mass is 10.00. The molecule has 2 aromatic rings. The van der Waals surface area contributed by atoms with Crippen LogP contribution in [0.2, 0.25) is 0 Å². The molecule has 0 atom stereocenters. The minimum Gasteiger partial charge on any atom is -0.312 e. The zero-order valence-corrected chi connectivity index (χ0v) is 18.2. The van der Waals surface area contributed by atoms with E-state index in [0.29, 0.717) is 12.2 Å². The van der Waals surface area contributed by atoms with Crippen molar-refractivity contribution in [2.24, 2.45) is 0 Å². The third kappa shape index (κ3) is 4.37. The lowest BCUT2D eigenvalue weighted by molar-refractivity contribution is -0.137. The number of carbonyl (C=O) groups excluding carboxylic acids is 2. The highest BCUT2D eigenvalue weighted by Crippen LogP contribution is 2.35. The molecule has 2 heterocycles. The van der Waals surface area contributed by atoms with Gasteiger partial charge < -0.3 is 14.7 Å². The molecule has 1 saturated heterocycles. The maximum Gasteiger partial charge on any atom is 0.416 e. The molecule has 2 amide bonds. The number of fused-ring (bicyclic) bond motifs is 1. The Hall–Kier alpha value is -2.87. The Morgan fingerprint density at radius 1 is 1.00 bits per heavy atom. The summed E-state index contributed by atoms with van der Waals surface area (Å²) in [4.78, 5) is 31.2. The van der Waals surface area contributed by atoms with Gasteiger partial charge in [-0.2, -0.15) is 13.2 Å². The van der Waals surface area contributed by atoms with E-state index in [2.05, 4.69) is 4.90 Å². The van der Waals surface area contributed by atoms with Gasteiger partial charge in [0.05, 0.1) is 5.56 Å². The molecule has 0 spiro atoms. The average molecular weight is 445 g/mol. The molecule has 32 heavy (non-hydrogen) atoms. The van der Waals surface area contributed by atoms with Crippen molar-refractivity contribution in [1.82, 2.24) is 4.90 Å².